The van der Waals surface area contributed by atoms with Gasteiger partial charge in [0.2, 0.25) is 0 Å². The van der Waals surface area contributed by atoms with Gasteiger partial charge in [0, 0.05) is 11.1 Å². The molecule has 1 aliphatic rings. The van der Waals surface area contributed by atoms with Crippen molar-refractivity contribution in [1.29, 1.82) is 0 Å². The summed E-state index contributed by atoms with van der Waals surface area (Å²) in [6.45, 7) is 4.36. The second-order valence-electron chi connectivity index (χ2n) is 9.30. The number of terminal acetylenes is 1. The van der Waals surface area contributed by atoms with Gasteiger partial charge in [0.15, 0.2) is 16.3 Å². The Bertz CT molecular complexity index is 1880. The van der Waals surface area contributed by atoms with E-state index in [-0.39, 0.29) is 24.3 Å². The molecule has 8 nitrogen and oxygen atoms in total. The smallest absolute Gasteiger partial charge is 0.338 e. The Kier molecular flexibility index (Phi) is 9.08. The zero-order valence-corrected chi connectivity index (χ0v) is 24.9. The van der Waals surface area contributed by atoms with Crippen molar-refractivity contribution in [2.45, 2.75) is 19.9 Å². The van der Waals surface area contributed by atoms with Crippen molar-refractivity contribution in [3.63, 3.8) is 0 Å². The van der Waals surface area contributed by atoms with Gasteiger partial charge in [0.05, 0.1) is 42.2 Å². The summed E-state index contributed by atoms with van der Waals surface area (Å²) in [5, 5.41) is 0. The molecule has 0 unspecified atom stereocenters. The first-order chi connectivity index (χ1) is 21.0. The number of rotatable bonds is 10. The van der Waals surface area contributed by atoms with E-state index >= 15 is 0 Å². The number of fused-ring (bicyclic) bond motifs is 1. The van der Waals surface area contributed by atoms with Gasteiger partial charge in [0.1, 0.15) is 12.4 Å². The lowest BCUT2D eigenvalue weighted by atomic mass is 9.93. The number of ether oxygens (including phenoxy) is 4. The van der Waals surface area contributed by atoms with Crippen molar-refractivity contribution in [3.05, 3.63) is 115 Å². The van der Waals surface area contributed by atoms with Gasteiger partial charge < -0.3 is 18.9 Å². The van der Waals surface area contributed by atoms with Gasteiger partial charge in [-0.25, -0.2) is 9.79 Å². The monoisotopic (exact) mass is 594 g/mol. The lowest BCUT2D eigenvalue weighted by Gasteiger charge is -2.26. The van der Waals surface area contributed by atoms with Crippen LogP contribution in [0.25, 0.3) is 11.8 Å². The van der Waals surface area contributed by atoms with Gasteiger partial charge in [-0.15, -0.1) is 6.42 Å². The minimum atomic E-state index is -0.800. The molecule has 43 heavy (non-hydrogen) atoms. The molecule has 1 aromatic heterocycles. The van der Waals surface area contributed by atoms with E-state index in [1.165, 1.54) is 18.4 Å². The molecule has 3 aromatic carbocycles. The van der Waals surface area contributed by atoms with Gasteiger partial charge in [-0.1, -0.05) is 71.9 Å². The fraction of sp³-hybridized carbons (Fsp3) is 0.206. The Labute approximate surface area is 253 Å². The van der Waals surface area contributed by atoms with Crippen molar-refractivity contribution in [1.82, 2.24) is 4.57 Å². The van der Waals surface area contributed by atoms with Crippen LogP contribution in [0.4, 0.5) is 0 Å². The van der Waals surface area contributed by atoms with Crippen LogP contribution in [0, 0.1) is 12.3 Å². The summed E-state index contributed by atoms with van der Waals surface area (Å²) in [4.78, 5) is 33.2. The summed E-state index contributed by atoms with van der Waals surface area (Å²) >= 11 is 1.22. The second-order valence-corrected chi connectivity index (χ2v) is 10.3. The van der Waals surface area contributed by atoms with Crippen LogP contribution in [0.15, 0.2) is 88.2 Å². The normalized spacial score (nSPS) is 14.4. The maximum Gasteiger partial charge on any atom is 0.338 e. The molecule has 0 bridgehead atoms. The molecule has 0 radical (unpaired) electrons. The van der Waals surface area contributed by atoms with Crippen molar-refractivity contribution in [3.8, 4) is 29.6 Å². The molecule has 0 fully saturated rings. The Balaban J connectivity index is 1.79. The van der Waals surface area contributed by atoms with Gasteiger partial charge >= 0.3 is 5.97 Å². The molecule has 5 rings (SSSR count). The summed E-state index contributed by atoms with van der Waals surface area (Å²) in [6, 6.07) is 21.3. The van der Waals surface area contributed by atoms with E-state index in [0.717, 1.165) is 5.56 Å². The van der Waals surface area contributed by atoms with E-state index in [4.69, 9.17) is 30.4 Å². The fourth-order valence-corrected chi connectivity index (χ4v) is 5.88. The fourth-order valence-electron chi connectivity index (χ4n) is 4.89. The topological polar surface area (TPSA) is 88.4 Å². The van der Waals surface area contributed by atoms with Gasteiger partial charge in [-0.2, -0.15) is 0 Å². The van der Waals surface area contributed by atoms with E-state index < -0.39 is 12.0 Å². The van der Waals surface area contributed by atoms with E-state index in [0.29, 0.717) is 50.0 Å². The van der Waals surface area contributed by atoms with Crippen molar-refractivity contribution >= 4 is 29.1 Å². The molecule has 0 spiro atoms. The summed E-state index contributed by atoms with van der Waals surface area (Å²) in [5.74, 6) is 3.51. The van der Waals surface area contributed by atoms with Crippen molar-refractivity contribution in [2.75, 3.05) is 26.9 Å². The molecular weight excluding hydrogens is 564 g/mol. The predicted molar refractivity (Wildman–Crippen MR) is 166 cm³/mol. The molecule has 218 valence electrons. The lowest BCUT2D eigenvalue weighted by molar-refractivity contribution is -0.138. The Hall–Kier alpha value is -5.07. The first-order valence-corrected chi connectivity index (χ1v) is 14.6. The van der Waals surface area contributed by atoms with Crippen LogP contribution in [0.1, 0.15) is 36.6 Å². The molecule has 0 N–H and O–H groups in total. The number of aromatic nitrogens is 1. The number of hydrogen-bond donors (Lipinski definition) is 0. The number of nitrogens with zero attached hydrogens (tertiary/aromatic N) is 2. The number of thiazole rings is 1. The zero-order chi connectivity index (χ0) is 30.3. The molecule has 9 heteroatoms. The quantitative estimate of drug-likeness (QED) is 0.200. The van der Waals surface area contributed by atoms with Crippen molar-refractivity contribution in [2.24, 2.45) is 4.99 Å². The predicted octanol–water partition coefficient (Wildman–Crippen LogP) is 4.35. The average molecular weight is 595 g/mol. The van der Waals surface area contributed by atoms with Crippen LogP contribution >= 0.6 is 11.3 Å². The van der Waals surface area contributed by atoms with E-state index in [9.17, 15) is 9.59 Å². The van der Waals surface area contributed by atoms with Crippen LogP contribution in [-0.4, -0.2) is 37.5 Å². The lowest BCUT2D eigenvalue weighted by Crippen LogP contribution is -2.40. The maximum atomic E-state index is 14.2. The summed E-state index contributed by atoms with van der Waals surface area (Å²) in [6.07, 6.45) is 7.16. The van der Waals surface area contributed by atoms with Crippen LogP contribution in [-0.2, 0) is 9.53 Å². The molecule has 4 aromatic rings. The van der Waals surface area contributed by atoms with Gasteiger partial charge in [0.25, 0.3) is 5.56 Å². The Morgan fingerprint density at radius 1 is 1.02 bits per heavy atom. The highest BCUT2D eigenvalue weighted by molar-refractivity contribution is 7.07. The average Bonchev–Trinajstić information content (AvgIpc) is 3.34. The highest BCUT2D eigenvalue weighted by Crippen LogP contribution is 2.36. The Morgan fingerprint density at radius 3 is 2.47 bits per heavy atom. The van der Waals surface area contributed by atoms with Crippen LogP contribution in [0.2, 0.25) is 0 Å². The number of esters is 1. The third-order valence-electron chi connectivity index (χ3n) is 6.70. The number of hydrogen-bond acceptors (Lipinski definition) is 8. The largest absolute Gasteiger partial charge is 0.494 e. The van der Waals surface area contributed by atoms with Gasteiger partial charge in [-0.3, -0.25) is 9.36 Å². The van der Waals surface area contributed by atoms with E-state index in [2.05, 4.69) is 5.92 Å². The maximum absolute atomic E-state index is 14.2. The minimum Gasteiger partial charge on any atom is -0.494 e. The van der Waals surface area contributed by atoms with E-state index in [1.54, 1.807) is 29.7 Å². The summed E-state index contributed by atoms with van der Waals surface area (Å²) in [5.41, 5.74) is 2.47. The SMILES string of the molecule is C#CCOc1c(/C=c2\sc3n(c2=O)[C@H](c2ccc(OCC)cc2)C(C(=O)OCC)=C(c2ccccc2)N=3)cccc1OC. The molecule has 1 aliphatic heterocycles. The third-order valence-corrected chi connectivity index (χ3v) is 7.68. The molecule has 0 amide bonds. The molecule has 0 saturated carbocycles. The number of carbonyl (C=O) groups excluding carboxylic acids is 1. The number of methoxy groups -OCH3 is 1. The van der Waals surface area contributed by atoms with Gasteiger partial charge in [-0.05, 0) is 43.7 Å². The standard InChI is InChI=1S/C34H30N2O6S/c1-5-20-42-31-24(14-11-15-26(31)39-4)21-27-32(37)36-30(23-16-18-25(19-17-23)40-6-2)28(33(38)41-7-3)29(35-34(36)43-27)22-12-9-8-10-13-22/h1,8-19,21,30H,6-7,20H2,2-4H3/b27-21-/t30-/m1/s1. The third kappa shape index (κ3) is 5.96. The Morgan fingerprint density at radius 2 is 1.79 bits per heavy atom. The molecule has 1 atom stereocenters. The van der Waals surface area contributed by atoms with Crippen LogP contribution in [0.5, 0.6) is 17.2 Å². The summed E-state index contributed by atoms with van der Waals surface area (Å²) in [7, 11) is 1.54. The number of carbonyl (C=O) groups is 1. The first kappa shape index (κ1) is 29.4. The minimum absolute atomic E-state index is 0.0313. The van der Waals surface area contributed by atoms with E-state index in [1.807, 2.05) is 67.6 Å². The zero-order valence-electron chi connectivity index (χ0n) is 24.0. The second kappa shape index (κ2) is 13.3. The molecular formula is C34H30N2O6S. The molecule has 0 aliphatic carbocycles. The highest BCUT2D eigenvalue weighted by atomic mass is 32.1. The first-order valence-electron chi connectivity index (χ1n) is 13.7. The van der Waals surface area contributed by atoms with Crippen molar-refractivity contribution < 1.29 is 23.7 Å². The summed E-state index contributed by atoms with van der Waals surface area (Å²) < 4.78 is 24.4. The van der Waals surface area contributed by atoms with Crippen LogP contribution < -0.4 is 29.1 Å². The molecule has 2 heterocycles. The molecule has 0 saturated heterocycles. The number of benzene rings is 3. The highest BCUT2D eigenvalue weighted by Gasteiger charge is 2.35. The number of para-hydroxylation sites is 1. The van der Waals surface area contributed by atoms with Crippen LogP contribution in [0.3, 0.4) is 0 Å².